The first-order valence-electron chi connectivity index (χ1n) is 7.72. The summed E-state index contributed by atoms with van der Waals surface area (Å²) >= 11 is 0. The molecule has 7 heteroatoms. The van der Waals surface area contributed by atoms with Gasteiger partial charge in [0.05, 0.1) is 15.9 Å². The van der Waals surface area contributed by atoms with Gasteiger partial charge in [-0.1, -0.05) is 51.5 Å². The van der Waals surface area contributed by atoms with E-state index in [0.717, 1.165) is 12.8 Å². The van der Waals surface area contributed by atoms with Gasteiger partial charge in [0.1, 0.15) is 0 Å². The molecule has 5 nitrogen and oxygen atoms in total. The van der Waals surface area contributed by atoms with E-state index in [4.69, 9.17) is 0 Å². The predicted molar refractivity (Wildman–Crippen MR) is 84.0 cm³/mol. The second-order valence-corrected chi connectivity index (χ2v) is 6.86. The molecule has 0 heterocycles. The van der Waals surface area contributed by atoms with Crippen LogP contribution in [0.4, 0.5) is 0 Å². The Kier molecular flexibility index (Phi) is 16.3. The molecule has 0 aromatic rings. The van der Waals surface area contributed by atoms with Crippen LogP contribution >= 0.6 is 0 Å². The van der Waals surface area contributed by atoms with Crippen molar-refractivity contribution in [1.29, 1.82) is 0 Å². The fourth-order valence-corrected chi connectivity index (χ4v) is 2.39. The van der Waals surface area contributed by atoms with Crippen LogP contribution in [0.5, 0.6) is 0 Å². The van der Waals surface area contributed by atoms with E-state index in [2.05, 4.69) is 6.92 Å². The van der Waals surface area contributed by atoms with Gasteiger partial charge < -0.3 is 9.45 Å². The SMILES string of the molecule is CCCCCCCCC/C=C/C(=O)N(C)CCS(=O)(=O)[O-].[Na+]. The summed E-state index contributed by atoms with van der Waals surface area (Å²) in [4.78, 5) is 12.9. The minimum Gasteiger partial charge on any atom is -0.748 e. The first-order chi connectivity index (χ1) is 9.87. The van der Waals surface area contributed by atoms with Gasteiger partial charge in [0.25, 0.3) is 0 Å². The average Bonchev–Trinajstić information content (AvgIpc) is 2.41. The maximum Gasteiger partial charge on any atom is 1.00 e. The minimum absolute atomic E-state index is 0. The number of hydrogen-bond acceptors (Lipinski definition) is 4. The van der Waals surface area contributed by atoms with Gasteiger partial charge in [-0.2, -0.15) is 0 Å². The number of amides is 1. The van der Waals surface area contributed by atoms with Gasteiger partial charge in [-0.05, 0) is 18.9 Å². The third-order valence-electron chi connectivity index (χ3n) is 3.29. The van der Waals surface area contributed by atoms with Gasteiger partial charge >= 0.3 is 29.6 Å². The summed E-state index contributed by atoms with van der Waals surface area (Å²) in [6.07, 6.45) is 12.7. The first kappa shape index (κ1) is 24.4. The smallest absolute Gasteiger partial charge is 0.748 e. The van der Waals surface area contributed by atoms with Crippen LogP contribution in [0.3, 0.4) is 0 Å². The van der Waals surface area contributed by atoms with Gasteiger partial charge in [0, 0.05) is 13.6 Å². The molecule has 0 fully saturated rings. The molecule has 0 spiro atoms. The third kappa shape index (κ3) is 16.5. The maximum atomic E-state index is 11.6. The molecule has 0 aliphatic heterocycles. The zero-order chi connectivity index (χ0) is 16.1. The zero-order valence-corrected chi connectivity index (χ0v) is 17.0. The molecular formula is C15H28NNaO4S. The van der Waals surface area contributed by atoms with Gasteiger partial charge in [0.15, 0.2) is 0 Å². The van der Waals surface area contributed by atoms with Gasteiger partial charge in [-0.25, -0.2) is 8.42 Å². The van der Waals surface area contributed by atoms with Gasteiger partial charge in [0.2, 0.25) is 5.91 Å². The molecule has 0 saturated heterocycles. The van der Waals surface area contributed by atoms with Crippen LogP contribution in [0.25, 0.3) is 0 Å². The Balaban J connectivity index is 0. The van der Waals surface area contributed by atoms with E-state index in [0.29, 0.717) is 0 Å². The van der Waals surface area contributed by atoms with Gasteiger partial charge in [-0.15, -0.1) is 0 Å². The van der Waals surface area contributed by atoms with Crippen LogP contribution in [-0.2, 0) is 14.9 Å². The van der Waals surface area contributed by atoms with Gasteiger partial charge in [-0.3, -0.25) is 4.79 Å². The summed E-state index contributed by atoms with van der Waals surface area (Å²) in [7, 11) is -2.77. The number of allylic oxidation sites excluding steroid dienone is 1. The minimum atomic E-state index is -4.26. The molecule has 0 N–H and O–H groups in total. The Morgan fingerprint density at radius 2 is 1.64 bits per heavy atom. The summed E-state index contributed by atoms with van der Waals surface area (Å²) < 4.78 is 31.4. The summed E-state index contributed by atoms with van der Waals surface area (Å²) in [5, 5.41) is 0. The summed E-state index contributed by atoms with van der Waals surface area (Å²) in [5.74, 6) is -0.803. The van der Waals surface area contributed by atoms with Crippen molar-refractivity contribution in [2.45, 2.75) is 58.3 Å². The normalized spacial score (nSPS) is 11.4. The Bertz CT molecular complexity index is 410. The summed E-state index contributed by atoms with van der Waals surface area (Å²) in [6.45, 7) is 2.14. The largest absolute Gasteiger partial charge is 1.00 e. The topological polar surface area (TPSA) is 77.5 Å². The van der Waals surface area contributed by atoms with Crippen molar-refractivity contribution in [2.75, 3.05) is 19.3 Å². The van der Waals surface area contributed by atoms with Crippen molar-refractivity contribution < 1.29 is 47.3 Å². The van der Waals surface area contributed by atoms with Crippen molar-refractivity contribution in [3.05, 3.63) is 12.2 Å². The molecule has 1 amide bonds. The van der Waals surface area contributed by atoms with E-state index in [1.165, 1.54) is 56.5 Å². The van der Waals surface area contributed by atoms with Crippen molar-refractivity contribution >= 4 is 16.0 Å². The standard InChI is InChI=1S/C15H29NO4S.Na/c1-3-4-5-6-7-8-9-10-11-12-15(17)16(2)13-14-21(18,19)20;/h11-12H,3-10,13-14H2,1-2H3,(H,18,19,20);/q;+1/p-1/b12-11+;. The number of hydrogen-bond donors (Lipinski definition) is 0. The molecular weight excluding hydrogens is 313 g/mol. The van der Waals surface area contributed by atoms with Crippen molar-refractivity contribution in [2.24, 2.45) is 0 Å². The molecule has 0 aromatic carbocycles. The van der Waals surface area contributed by atoms with E-state index in [9.17, 15) is 17.8 Å². The Morgan fingerprint density at radius 3 is 2.18 bits per heavy atom. The third-order valence-corrected chi connectivity index (χ3v) is 3.97. The molecule has 22 heavy (non-hydrogen) atoms. The number of carbonyl (C=O) groups is 1. The monoisotopic (exact) mass is 341 g/mol. The molecule has 0 rings (SSSR count). The molecule has 0 atom stereocenters. The number of nitrogens with zero attached hydrogens (tertiary/aromatic N) is 1. The van der Waals surface area contributed by atoms with Crippen molar-refractivity contribution in [3.63, 3.8) is 0 Å². The second kappa shape index (κ2) is 14.7. The first-order valence-corrected chi connectivity index (χ1v) is 9.29. The number of likely N-dealkylation sites (N-methyl/N-ethyl adjacent to an activating group) is 1. The predicted octanol–water partition coefficient (Wildman–Crippen LogP) is -0.309. The molecule has 0 unspecified atom stereocenters. The van der Waals surface area contributed by atoms with Crippen LogP contribution in [-0.4, -0.2) is 43.1 Å². The van der Waals surface area contributed by atoms with E-state index < -0.39 is 15.9 Å². The molecule has 124 valence electrons. The van der Waals surface area contributed by atoms with Crippen LogP contribution < -0.4 is 29.6 Å². The van der Waals surface area contributed by atoms with Crippen LogP contribution in [0, 0.1) is 0 Å². The zero-order valence-electron chi connectivity index (χ0n) is 14.2. The van der Waals surface area contributed by atoms with E-state index >= 15 is 0 Å². The molecule has 0 bridgehead atoms. The number of carbonyl (C=O) groups excluding carboxylic acids is 1. The number of rotatable bonds is 12. The molecule has 0 saturated carbocycles. The number of unbranched alkanes of at least 4 members (excludes halogenated alkanes) is 7. The fraction of sp³-hybridized carbons (Fsp3) is 0.800. The van der Waals surface area contributed by atoms with Crippen molar-refractivity contribution in [1.82, 2.24) is 4.90 Å². The van der Waals surface area contributed by atoms with E-state index in [1.54, 1.807) is 0 Å². The van der Waals surface area contributed by atoms with Crippen molar-refractivity contribution in [3.8, 4) is 0 Å². The summed E-state index contributed by atoms with van der Waals surface area (Å²) in [5.41, 5.74) is 0. The molecule has 0 aliphatic carbocycles. The Morgan fingerprint density at radius 1 is 1.09 bits per heavy atom. The van der Waals surface area contributed by atoms with Crippen LogP contribution in [0.15, 0.2) is 12.2 Å². The fourth-order valence-electron chi connectivity index (χ4n) is 1.89. The average molecular weight is 341 g/mol. The molecule has 0 aliphatic rings. The Labute approximate surface area is 157 Å². The maximum absolute atomic E-state index is 11.6. The second-order valence-electron chi connectivity index (χ2n) is 5.33. The molecule has 0 radical (unpaired) electrons. The van der Waals surface area contributed by atoms with Crippen LogP contribution in [0.1, 0.15) is 58.3 Å². The summed E-state index contributed by atoms with van der Waals surface area (Å²) in [6, 6.07) is 0. The molecule has 0 aromatic heterocycles. The quantitative estimate of drug-likeness (QED) is 0.211. The Hall–Kier alpha value is 0.120. The van der Waals surface area contributed by atoms with Crippen LogP contribution in [0.2, 0.25) is 0 Å². The van der Waals surface area contributed by atoms with E-state index in [-0.39, 0.29) is 42.0 Å². The van der Waals surface area contributed by atoms with E-state index in [1.807, 2.05) is 6.08 Å².